The third kappa shape index (κ3) is 1.90. The van der Waals surface area contributed by atoms with Crippen molar-refractivity contribution in [3.63, 3.8) is 0 Å². The second-order valence-electron chi connectivity index (χ2n) is 3.35. The van der Waals surface area contributed by atoms with Crippen LogP contribution in [0.15, 0.2) is 24.5 Å². The van der Waals surface area contributed by atoms with Crippen LogP contribution in [0.3, 0.4) is 0 Å². The second-order valence-corrected chi connectivity index (χ2v) is 3.35. The van der Waals surface area contributed by atoms with Crippen LogP contribution in [0.25, 0.3) is 5.65 Å². The maximum Gasteiger partial charge on any atom is 0.354 e. The molecule has 0 aromatic carbocycles. The Bertz CT molecular complexity index is 519. The quantitative estimate of drug-likeness (QED) is 0.849. The van der Waals surface area contributed by atoms with E-state index in [0.717, 1.165) is 5.56 Å². The normalized spacial score (nSPS) is 10.8. The molecule has 0 atom stereocenters. The maximum atomic E-state index is 10.9. The summed E-state index contributed by atoms with van der Waals surface area (Å²) in [5, 5.41) is 8.95. The minimum Gasteiger partial charge on any atom is -0.477 e. The van der Waals surface area contributed by atoms with Gasteiger partial charge in [0.1, 0.15) is 5.65 Å². The number of carboxylic acids is 1. The average Bonchev–Trinajstić information content (AvgIpc) is 2.69. The molecule has 0 fully saturated rings. The van der Waals surface area contributed by atoms with E-state index in [9.17, 15) is 4.79 Å². The lowest BCUT2D eigenvalue weighted by Crippen LogP contribution is -2.02. The number of aromatic carboxylic acids is 1. The van der Waals surface area contributed by atoms with Gasteiger partial charge in [-0.05, 0) is 18.6 Å². The largest absolute Gasteiger partial charge is 0.477 e. The first-order chi connectivity index (χ1) is 7.72. The van der Waals surface area contributed by atoms with Crippen LogP contribution in [0.4, 0.5) is 0 Å². The number of carboxylic acid groups (broad SMARTS) is 1. The zero-order valence-electron chi connectivity index (χ0n) is 8.88. The molecule has 0 amide bonds. The van der Waals surface area contributed by atoms with Crippen molar-refractivity contribution < 1.29 is 14.6 Å². The fourth-order valence-electron chi connectivity index (χ4n) is 1.49. The Kier molecular flexibility index (Phi) is 2.87. The Hall–Kier alpha value is -1.88. The van der Waals surface area contributed by atoms with Gasteiger partial charge in [0.2, 0.25) is 0 Å². The van der Waals surface area contributed by atoms with Gasteiger partial charge in [-0.3, -0.25) is 4.40 Å². The van der Waals surface area contributed by atoms with Crippen molar-refractivity contribution in [2.75, 3.05) is 6.61 Å². The summed E-state index contributed by atoms with van der Waals surface area (Å²) in [5.74, 6) is -0.985. The van der Waals surface area contributed by atoms with Gasteiger partial charge in [0.15, 0.2) is 5.69 Å². The minimum atomic E-state index is -0.985. The first-order valence-corrected chi connectivity index (χ1v) is 4.99. The molecule has 0 saturated carbocycles. The molecule has 2 rings (SSSR count). The lowest BCUT2D eigenvalue weighted by Gasteiger charge is -2.03. The molecule has 5 nitrogen and oxygen atoms in total. The molecule has 84 valence electrons. The highest BCUT2D eigenvalue weighted by Gasteiger charge is 2.10. The number of carbonyl (C=O) groups is 1. The highest BCUT2D eigenvalue weighted by Crippen LogP contribution is 2.10. The number of pyridine rings is 1. The summed E-state index contributed by atoms with van der Waals surface area (Å²) in [5.41, 5.74) is 1.71. The summed E-state index contributed by atoms with van der Waals surface area (Å²) in [6, 6.07) is 3.66. The molecular weight excluding hydrogens is 208 g/mol. The highest BCUT2D eigenvalue weighted by atomic mass is 16.5. The Morgan fingerprint density at radius 3 is 3.06 bits per heavy atom. The molecular formula is C11H12N2O3. The van der Waals surface area contributed by atoms with Gasteiger partial charge in [0.25, 0.3) is 0 Å². The number of hydrogen-bond acceptors (Lipinski definition) is 3. The van der Waals surface area contributed by atoms with Crippen molar-refractivity contribution in [2.24, 2.45) is 0 Å². The first-order valence-electron chi connectivity index (χ1n) is 4.99. The lowest BCUT2D eigenvalue weighted by atomic mass is 10.3. The zero-order chi connectivity index (χ0) is 11.5. The number of ether oxygens (including phenoxy) is 1. The molecule has 2 heterocycles. The summed E-state index contributed by atoms with van der Waals surface area (Å²) >= 11 is 0. The number of fused-ring (bicyclic) bond motifs is 1. The predicted molar refractivity (Wildman–Crippen MR) is 57.5 cm³/mol. The van der Waals surface area contributed by atoms with E-state index in [2.05, 4.69) is 4.98 Å². The van der Waals surface area contributed by atoms with Gasteiger partial charge in [0, 0.05) is 12.8 Å². The molecule has 1 N–H and O–H groups in total. The Labute approximate surface area is 92.3 Å². The van der Waals surface area contributed by atoms with Crippen LogP contribution in [0.5, 0.6) is 0 Å². The van der Waals surface area contributed by atoms with Gasteiger partial charge in [-0.2, -0.15) is 0 Å². The summed E-state index contributed by atoms with van der Waals surface area (Å²) in [4.78, 5) is 14.9. The Balaban J connectivity index is 2.42. The smallest absolute Gasteiger partial charge is 0.354 e. The monoisotopic (exact) mass is 220 g/mol. The summed E-state index contributed by atoms with van der Waals surface area (Å²) in [6.45, 7) is 3.02. The second kappa shape index (κ2) is 4.32. The number of aromatic nitrogens is 2. The number of nitrogens with zero attached hydrogens (tertiary/aromatic N) is 2. The fraction of sp³-hybridized carbons (Fsp3) is 0.273. The van der Waals surface area contributed by atoms with Crippen LogP contribution in [0.1, 0.15) is 23.0 Å². The third-order valence-electron chi connectivity index (χ3n) is 2.26. The molecule has 0 aliphatic rings. The van der Waals surface area contributed by atoms with Gasteiger partial charge in [-0.15, -0.1) is 0 Å². The Morgan fingerprint density at radius 2 is 2.38 bits per heavy atom. The van der Waals surface area contributed by atoms with E-state index in [1.807, 2.05) is 13.0 Å². The molecule has 5 heteroatoms. The van der Waals surface area contributed by atoms with Crippen molar-refractivity contribution in [2.45, 2.75) is 13.5 Å². The van der Waals surface area contributed by atoms with Gasteiger partial charge < -0.3 is 9.84 Å². The summed E-state index contributed by atoms with van der Waals surface area (Å²) < 4.78 is 6.82. The van der Waals surface area contributed by atoms with Crippen LogP contribution < -0.4 is 0 Å². The van der Waals surface area contributed by atoms with E-state index in [-0.39, 0.29) is 5.69 Å². The van der Waals surface area contributed by atoms with Crippen molar-refractivity contribution in [1.29, 1.82) is 0 Å². The van der Waals surface area contributed by atoms with E-state index in [1.165, 1.54) is 6.20 Å². The number of rotatable bonds is 4. The zero-order valence-corrected chi connectivity index (χ0v) is 8.88. The summed E-state index contributed by atoms with van der Waals surface area (Å²) in [7, 11) is 0. The van der Waals surface area contributed by atoms with E-state index in [1.54, 1.807) is 16.7 Å². The topological polar surface area (TPSA) is 63.8 Å². The fourth-order valence-corrected chi connectivity index (χ4v) is 1.49. The van der Waals surface area contributed by atoms with Gasteiger partial charge in [0.05, 0.1) is 12.8 Å². The number of imidazole rings is 1. The van der Waals surface area contributed by atoms with E-state index >= 15 is 0 Å². The lowest BCUT2D eigenvalue weighted by molar-refractivity contribution is 0.0689. The molecule has 2 aromatic heterocycles. The summed E-state index contributed by atoms with van der Waals surface area (Å²) in [6.07, 6.45) is 3.09. The molecule has 0 saturated heterocycles. The van der Waals surface area contributed by atoms with Gasteiger partial charge >= 0.3 is 5.97 Å². The molecule has 0 aliphatic heterocycles. The molecule has 0 spiro atoms. The Morgan fingerprint density at radius 1 is 1.56 bits per heavy atom. The molecule has 0 radical (unpaired) electrons. The van der Waals surface area contributed by atoms with E-state index in [4.69, 9.17) is 9.84 Å². The SMILES string of the molecule is CCOCc1ccc2ncc(C(=O)O)n2c1. The molecule has 0 bridgehead atoms. The molecule has 16 heavy (non-hydrogen) atoms. The van der Waals surface area contributed by atoms with Crippen LogP contribution >= 0.6 is 0 Å². The van der Waals surface area contributed by atoms with Gasteiger partial charge in [-0.1, -0.05) is 6.07 Å². The molecule has 0 aliphatic carbocycles. The third-order valence-corrected chi connectivity index (χ3v) is 2.26. The van der Waals surface area contributed by atoms with Gasteiger partial charge in [-0.25, -0.2) is 9.78 Å². The maximum absolute atomic E-state index is 10.9. The van der Waals surface area contributed by atoms with Crippen molar-refractivity contribution in [3.8, 4) is 0 Å². The van der Waals surface area contributed by atoms with Crippen LogP contribution in [0, 0.1) is 0 Å². The van der Waals surface area contributed by atoms with Crippen LogP contribution in [-0.4, -0.2) is 27.1 Å². The van der Waals surface area contributed by atoms with Crippen molar-refractivity contribution >= 4 is 11.6 Å². The van der Waals surface area contributed by atoms with Crippen molar-refractivity contribution in [3.05, 3.63) is 35.8 Å². The molecule has 2 aromatic rings. The van der Waals surface area contributed by atoms with E-state index < -0.39 is 5.97 Å². The van der Waals surface area contributed by atoms with Crippen molar-refractivity contribution in [1.82, 2.24) is 9.38 Å². The van der Waals surface area contributed by atoms with E-state index in [0.29, 0.717) is 18.9 Å². The molecule has 0 unspecified atom stereocenters. The predicted octanol–water partition coefficient (Wildman–Crippen LogP) is 1.57. The first kappa shape index (κ1) is 10.6. The average molecular weight is 220 g/mol. The van der Waals surface area contributed by atoms with Crippen LogP contribution in [-0.2, 0) is 11.3 Å². The van der Waals surface area contributed by atoms with Crippen LogP contribution in [0.2, 0.25) is 0 Å². The number of hydrogen-bond donors (Lipinski definition) is 1. The standard InChI is InChI=1S/C11H12N2O3/c1-2-16-7-8-3-4-10-12-5-9(11(14)15)13(10)6-8/h3-6H,2,7H2,1H3,(H,14,15). The minimum absolute atomic E-state index is 0.161. The highest BCUT2D eigenvalue weighted by molar-refractivity contribution is 5.86.